The van der Waals surface area contributed by atoms with E-state index in [0.29, 0.717) is 31.4 Å². The van der Waals surface area contributed by atoms with Crippen LogP contribution in [0.1, 0.15) is 39.0 Å². The molecule has 2 aromatic heterocycles. The Balaban J connectivity index is 1.59. The maximum Gasteiger partial charge on any atom is 0.257 e. The average molecular weight is 362 g/mol. The topological polar surface area (TPSA) is 62.5 Å². The number of nitrogens with zero attached hydrogens (tertiary/aromatic N) is 4. The third-order valence-electron chi connectivity index (χ3n) is 4.61. The van der Waals surface area contributed by atoms with Crippen molar-refractivity contribution in [1.29, 1.82) is 0 Å². The smallest absolute Gasteiger partial charge is 0.257 e. The molecule has 0 atom stereocenters. The second kappa shape index (κ2) is 8.58. The van der Waals surface area contributed by atoms with Gasteiger partial charge in [0.2, 0.25) is 11.8 Å². The van der Waals surface area contributed by atoms with Crippen LogP contribution in [0.2, 0.25) is 0 Å². The van der Waals surface area contributed by atoms with Gasteiger partial charge in [-0.25, -0.2) is 0 Å². The first-order valence-electron chi connectivity index (χ1n) is 9.02. The highest BCUT2D eigenvalue weighted by atomic mass is 32.1. The van der Waals surface area contributed by atoms with E-state index in [1.165, 1.54) is 12.8 Å². The van der Waals surface area contributed by atoms with Gasteiger partial charge in [0.25, 0.3) is 5.89 Å². The number of aromatic nitrogens is 2. The Kier molecular flexibility index (Phi) is 6.20. The highest BCUT2D eigenvalue weighted by Crippen LogP contribution is 2.23. The minimum Gasteiger partial charge on any atom is -0.418 e. The molecule has 25 heavy (non-hydrogen) atoms. The zero-order chi connectivity index (χ0) is 17.6. The molecule has 0 saturated carbocycles. The number of carbonyl (C=O) groups excluding carboxylic acids is 1. The van der Waals surface area contributed by atoms with Crippen molar-refractivity contribution in [1.82, 2.24) is 20.0 Å². The molecule has 136 valence electrons. The molecular weight excluding hydrogens is 336 g/mol. The fourth-order valence-electron chi connectivity index (χ4n) is 3.05. The summed E-state index contributed by atoms with van der Waals surface area (Å²) in [7, 11) is 0. The van der Waals surface area contributed by atoms with Gasteiger partial charge in [0.1, 0.15) is 0 Å². The highest BCUT2D eigenvalue weighted by Gasteiger charge is 2.22. The molecule has 0 aromatic carbocycles. The van der Waals surface area contributed by atoms with Crippen LogP contribution in [0.3, 0.4) is 0 Å². The van der Waals surface area contributed by atoms with Gasteiger partial charge in [0, 0.05) is 6.54 Å². The number of piperidine rings is 1. The zero-order valence-electron chi connectivity index (χ0n) is 15.0. The SMILES string of the molecule is CCCN(Cc1nnc(-c2cccs2)o1)C(=O)CN1CCC(C)CC1. The zero-order valence-corrected chi connectivity index (χ0v) is 15.8. The minimum atomic E-state index is 0.146. The fourth-order valence-corrected chi connectivity index (χ4v) is 3.70. The van der Waals surface area contributed by atoms with Crippen LogP contribution in [0.25, 0.3) is 10.8 Å². The van der Waals surface area contributed by atoms with Crippen molar-refractivity contribution in [3.63, 3.8) is 0 Å². The molecule has 0 aliphatic carbocycles. The van der Waals surface area contributed by atoms with E-state index in [1.807, 2.05) is 22.4 Å². The molecule has 1 fully saturated rings. The lowest BCUT2D eigenvalue weighted by Crippen LogP contribution is -2.43. The largest absolute Gasteiger partial charge is 0.418 e. The Morgan fingerprint density at radius 2 is 2.20 bits per heavy atom. The van der Waals surface area contributed by atoms with Crippen LogP contribution in [0.4, 0.5) is 0 Å². The third kappa shape index (κ3) is 4.89. The second-order valence-electron chi connectivity index (χ2n) is 6.75. The first-order chi connectivity index (χ1) is 12.2. The van der Waals surface area contributed by atoms with E-state index in [1.54, 1.807) is 11.3 Å². The van der Waals surface area contributed by atoms with Crippen molar-refractivity contribution < 1.29 is 9.21 Å². The van der Waals surface area contributed by atoms with E-state index in [4.69, 9.17) is 4.42 Å². The van der Waals surface area contributed by atoms with Crippen molar-refractivity contribution in [3.8, 4) is 10.8 Å². The Morgan fingerprint density at radius 3 is 2.88 bits per heavy atom. The van der Waals surface area contributed by atoms with Crippen LogP contribution in [0.5, 0.6) is 0 Å². The standard InChI is InChI=1S/C18H26N4O2S/c1-3-8-22(17(23)13-21-9-6-14(2)7-10-21)12-16-19-20-18(24-16)15-5-4-11-25-15/h4-5,11,14H,3,6-10,12-13H2,1-2H3. The number of rotatable bonds is 7. The van der Waals surface area contributed by atoms with Crippen LogP contribution in [0.15, 0.2) is 21.9 Å². The summed E-state index contributed by atoms with van der Waals surface area (Å²) in [5.74, 6) is 1.94. The summed E-state index contributed by atoms with van der Waals surface area (Å²) in [6, 6.07) is 3.91. The molecule has 0 spiro atoms. The van der Waals surface area contributed by atoms with Crippen molar-refractivity contribution in [2.24, 2.45) is 5.92 Å². The van der Waals surface area contributed by atoms with Gasteiger partial charge >= 0.3 is 0 Å². The predicted octanol–water partition coefficient (Wildman–Crippen LogP) is 3.27. The van der Waals surface area contributed by atoms with E-state index in [0.717, 1.165) is 30.3 Å². The Labute approximate surface area is 152 Å². The minimum absolute atomic E-state index is 0.146. The average Bonchev–Trinajstić information content (AvgIpc) is 3.27. The van der Waals surface area contributed by atoms with Gasteiger partial charge in [0.05, 0.1) is 18.0 Å². The van der Waals surface area contributed by atoms with Gasteiger partial charge in [-0.2, -0.15) is 0 Å². The Hall–Kier alpha value is -1.73. The molecule has 6 nitrogen and oxygen atoms in total. The monoisotopic (exact) mass is 362 g/mol. The second-order valence-corrected chi connectivity index (χ2v) is 7.70. The summed E-state index contributed by atoms with van der Waals surface area (Å²) in [5, 5.41) is 10.2. The molecule has 0 radical (unpaired) electrons. The number of hydrogen-bond acceptors (Lipinski definition) is 6. The highest BCUT2D eigenvalue weighted by molar-refractivity contribution is 7.13. The summed E-state index contributed by atoms with van der Waals surface area (Å²) in [6.45, 7) is 7.96. The predicted molar refractivity (Wildman–Crippen MR) is 98.2 cm³/mol. The number of thiophene rings is 1. The molecule has 1 aliphatic heterocycles. The first kappa shape index (κ1) is 18.1. The molecule has 0 unspecified atom stereocenters. The molecule has 7 heteroatoms. The van der Waals surface area contributed by atoms with Gasteiger partial charge in [-0.15, -0.1) is 21.5 Å². The molecule has 3 heterocycles. The van der Waals surface area contributed by atoms with Crippen LogP contribution < -0.4 is 0 Å². The molecule has 1 saturated heterocycles. The van der Waals surface area contributed by atoms with E-state index in [-0.39, 0.29) is 5.91 Å². The molecule has 1 amide bonds. The Bertz CT molecular complexity index is 662. The van der Waals surface area contributed by atoms with Crippen molar-refractivity contribution in [2.75, 3.05) is 26.2 Å². The maximum absolute atomic E-state index is 12.7. The van der Waals surface area contributed by atoms with Crippen molar-refractivity contribution >= 4 is 17.2 Å². The summed E-state index contributed by atoms with van der Waals surface area (Å²) >= 11 is 1.56. The fraction of sp³-hybridized carbons (Fsp3) is 0.611. The quantitative estimate of drug-likeness (QED) is 0.756. The summed E-state index contributed by atoms with van der Waals surface area (Å²) in [5.41, 5.74) is 0. The van der Waals surface area contributed by atoms with Gasteiger partial charge in [-0.1, -0.05) is 19.9 Å². The summed E-state index contributed by atoms with van der Waals surface area (Å²) < 4.78 is 5.74. The van der Waals surface area contributed by atoms with Gasteiger partial charge in [-0.3, -0.25) is 9.69 Å². The number of carbonyl (C=O) groups is 1. The molecule has 0 N–H and O–H groups in total. The Morgan fingerprint density at radius 1 is 1.40 bits per heavy atom. The number of amides is 1. The lowest BCUT2D eigenvalue weighted by molar-refractivity contribution is -0.133. The van der Waals surface area contributed by atoms with Crippen LogP contribution in [-0.4, -0.2) is 52.1 Å². The summed E-state index contributed by atoms with van der Waals surface area (Å²) in [6.07, 6.45) is 3.26. The van der Waals surface area contributed by atoms with Gasteiger partial charge < -0.3 is 9.32 Å². The van der Waals surface area contributed by atoms with E-state index < -0.39 is 0 Å². The van der Waals surface area contributed by atoms with Crippen LogP contribution >= 0.6 is 11.3 Å². The normalized spacial score (nSPS) is 16.2. The first-order valence-corrected chi connectivity index (χ1v) is 9.90. The summed E-state index contributed by atoms with van der Waals surface area (Å²) in [4.78, 5) is 17.8. The van der Waals surface area contributed by atoms with E-state index >= 15 is 0 Å². The maximum atomic E-state index is 12.7. The van der Waals surface area contributed by atoms with E-state index in [2.05, 4.69) is 28.9 Å². The van der Waals surface area contributed by atoms with Crippen LogP contribution in [0, 0.1) is 5.92 Å². The van der Waals surface area contributed by atoms with Crippen LogP contribution in [-0.2, 0) is 11.3 Å². The number of hydrogen-bond donors (Lipinski definition) is 0. The number of likely N-dealkylation sites (tertiary alicyclic amines) is 1. The lowest BCUT2D eigenvalue weighted by Gasteiger charge is -2.31. The molecular formula is C18H26N4O2S. The third-order valence-corrected chi connectivity index (χ3v) is 5.46. The van der Waals surface area contributed by atoms with Gasteiger partial charge in [-0.05, 0) is 49.7 Å². The van der Waals surface area contributed by atoms with Crippen molar-refractivity contribution in [2.45, 2.75) is 39.7 Å². The molecule has 3 rings (SSSR count). The molecule has 2 aromatic rings. The lowest BCUT2D eigenvalue weighted by atomic mass is 9.99. The molecule has 0 bridgehead atoms. The van der Waals surface area contributed by atoms with Crippen molar-refractivity contribution in [3.05, 3.63) is 23.4 Å². The van der Waals surface area contributed by atoms with E-state index in [9.17, 15) is 4.79 Å². The van der Waals surface area contributed by atoms with Gasteiger partial charge in [0.15, 0.2) is 0 Å². The molecule has 1 aliphatic rings.